The quantitative estimate of drug-likeness (QED) is 0.514. The van der Waals surface area contributed by atoms with Crippen molar-refractivity contribution in [2.45, 2.75) is 4.90 Å². The molecule has 4 aromatic rings. The third kappa shape index (κ3) is 3.09. The minimum atomic E-state index is -3.55. The number of nitrogens with zero attached hydrogens (tertiary/aromatic N) is 2. The summed E-state index contributed by atoms with van der Waals surface area (Å²) in [5.41, 5.74) is 2.04. The Kier molecular flexibility index (Phi) is 4.62. The zero-order chi connectivity index (χ0) is 20.7. The van der Waals surface area contributed by atoms with Gasteiger partial charge in [0.2, 0.25) is 10.0 Å². The number of ether oxygens (including phenoxy) is 1. The number of aromatic nitrogens is 2. The predicted molar refractivity (Wildman–Crippen MR) is 115 cm³/mol. The number of hydrogen-bond acceptors (Lipinski definition) is 5. The monoisotopic (exact) mass is 421 g/mol. The van der Waals surface area contributed by atoms with Crippen LogP contribution in [-0.4, -0.2) is 49.0 Å². The molecule has 0 unspecified atom stereocenters. The molecule has 0 radical (unpaired) electrons. The van der Waals surface area contributed by atoms with Crippen molar-refractivity contribution in [2.75, 3.05) is 26.3 Å². The Hall–Kier alpha value is -3.07. The molecular formula is C22H19N3O4S. The van der Waals surface area contributed by atoms with Crippen LogP contribution in [0.4, 0.5) is 0 Å². The molecule has 1 aliphatic rings. The highest BCUT2D eigenvalue weighted by Gasteiger charge is 2.26. The number of pyridine rings is 2. The van der Waals surface area contributed by atoms with Gasteiger partial charge in [-0.1, -0.05) is 30.3 Å². The topological polar surface area (TPSA) is 92.4 Å². The number of rotatable bonds is 3. The molecule has 7 nitrogen and oxygen atoms in total. The smallest absolute Gasteiger partial charge is 0.257 e. The average Bonchev–Trinajstić information content (AvgIpc) is 2.79. The van der Waals surface area contributed by atoms with Crippen molar-refractivity contribution in [2.24, 2.45) is 0 Å². The van der Waals surface area contributed by atoms with Crippen molar-refractivity contribution in [3.63, 3.8) is 0 Å². The van der Waals surface area contributed by atoms with Crippen LogP contribution in [0.3, 0.4) is 0 Å². The van der Waals surface area contributed by atoms with Crippen LogP contribution in [-0.2, 0) is 14.8 Å². The van der Waals surface area contributed by atoms with Gasteiger partial charge in [0.15, 0.2) is 0 Å². The van der Waals surface area contributed by atoms with Crippen LogP contribution >= 0.6 is 0 Å². The van der Waals surface area contributed by atoms with E-state index in [2.05, 4.69) is 9.97 Å². The van der Waals surface area contributed by atoms with Crippen molar-refractivity contribution in [1.82, 2.24) is 14.3 Å². The number of hydrogen-bond donors (Lipinski definition) is 1. The van der Waals surface area contributed by atoms with E-state index < -0.39 is 10.0 Å². The first-order valence-corrected chi connectivity index (χ1v) is 11.1. The summed E-state index contributed by atoms with van der Waals surface area (Å²) in [6.45, 7) is 1.54. The summed E-state index contributed by atoms with van der Waals surface area (Å²) in [7, 11) is -3.55. The van der Waals surface area contributed by atoms with Gasteiger partial charge in [0.1, 0.15) is 5.65 Å². The number of H-pyrrole nitrogens is 1. The summed E-state index contributed by atoms with van der Waals surface area (Å²) >= 11 is 0. The third-order valence-corrected chi connectivity index (χ3v) is 7.31. The van der Waals surface area contributed by atoms with E-state index in [9.17, 15) is 13.2 Å². The Morgan fingerprint density at radius 1 is 0.933 bits per heavy atom. The van der Waals surface area contributed by atoms with Crippen LogP contribution in [0.25, 0.3) is 32.9 Å². The Labute approximate surface area is 173 Å². The van der Waals surface area contributed by atoms with Gasteiger partial charge < -0.3 is 9.72 Å². The molecule has 8 heteroatoms. The fourth-order valence-corrected chi connectivity index (χ4v) is 5.29. The molecule has 5 rings (SSSR count). The minimum absolute atomic E-state index is 0.185. The van der Waals surface area contributed by atoms with E-state index in [1.807, 2.05) is 24.3 Å². The van der Waals surface area contributed by atoms with E-state index in [4.69, 9.17) is 4.74 Å². The Balaban J connectivity index is 1.63. The molecule has 2 aromatic heterocycles. The second kappa shape index (κ2) is 7.32. The molecule has 2 aromatic carbocycles. The summed E-state index contributed by atoms with van der Waals surface area (Å²) in [4.78, 5) is 19.8. The number of morpholine rings is 1. The molecule has 1 N–H and O–H groups in total. The lowest BCUT2D eigenvalue weighted by atomic mass is 9.99. The van der Waals surface area contributed by atoms with Gasteiger partial charge in [0, 0.05) is 30.1 Å². The van der Waals surface area contributed by atoms with E-state index >= 15 is 0 Å². The van der Waals surface area contributed by atoms with Gasteiger partial charge in [-0.2, -0.15) is 4.31 Å². The van der Waals surface area contributed by atoms with E-state index in [-0.39, 0.29) is 10.5 Å². The molecule has 0 spiro atoms. The maximum Gasteiger partial charge on any atom is 0.257 e. The molecule has 0 saturated carbocycles. The lowest BCUT2D eigenvalue weighted by Gasteiger charge is -2.26. The second-order valence-corrected chi connectivity index (χ2v) is 9.06. The largest absolute Gasteiger partial charge is 0.379 e. The zero-order valence-electron chi connectivity index (χ0n) is 16.0. The van der Waals surface area contributed by atoms with Crippen LogP contribution < -0.4 is 5.56 Å². The molecular weight excluding hydrogens is 402 g/mol. The molecule has 1 aliphatic heterocycles. The van der Waals surface area contributed by atoms with Gasteiger partial charge in [-0.15, -0.1) is 0 Å². The highest BCUT2D eigenvalue weighted by atomic mass is 32.2. The van der Waals surface area contributed by atoms with Crippen molar-refractivity contribution in [3.05, 3.63) is 71.1 Å². The highest BCUT2D eigenvalue weighted by molar-refractivity contribution is 7.89. The molecule has 1 saturated heterocycles. The summed E-state index contributed by atoms with van der Waals surface area (Å²) in [5, 5.41) is 2.23. The lowest BCUT2D eigenvalue weighted by Crippen LogP contribution is -2.40. The highest BCUT2D eigenvalue weighted by Crippen LogP contribution is 2.32. The van der Waals surface area contributed by atoms with Crippen molar-refractivity contribution < 1.29 is 13.2 Å². The van der Waals surface area contributed by atoms with Crippen LogP contribution in [0.5, 0.6) is 0 Å². The van der Waals surface area contributed by atoms with Crippen molar-refractivity contribution in [1.29, 1.82) is 0 Å². The van der Waals surface area contributed by atoms with Gasteiger partial charge in [0.05, 0.1) is 18.1 Å². The van der Waals surface area contributed by atoms with Gasteiger partial charge in [-0.3, -0.25) is 4.79 Å². The van der Waals surface area contributed by atoms with E-state index in [0.717, 1.165) is 21.9 Å². The zero-order valence-corrected chi connectivity index (χ0v) is 16.9. The molecule has 1 fully saturated rings. The molecule has 0 atom stereocenters. The summed E-state index contributed by atoms with van der Waals surface area (Å²) in [6.07, 6.45) is 1.64. The Morgan fingerprint density at radius 3 is 2.37 bits per heavy atom. The number of benzene rings is 2. The van der Waals surface area contributed by atoms with Crippen LogP contribution in [0.15, 0.2) is 70.5 Å². The van der Waals surface area contributed by atoms with Crippen LogP contribution in [0.1, 0.15) is 0 Å². The van der Waals surface area contributed by atoms with E-state index in [0.29, 0.717) is 37.3 Å². The molecule has 0 aliphatic carbocycles. The summed E-state index contributed by atoms with van der Waals surface area (Å²) < 4.78 is 32.5. The Bertz CT molecular complexity index is 1410. The molecule has 152 valence electrons. The second-order valence-electron chi connectivity index (χ2n) is 7.12. The fourth-order valence-electron chi connectivity index (χ4n) is 3.89. The van der Waals surface area contributed by atoms with Gasteiger partial charge in [-0.25, -0.2) is 13.4 Å². The predicted octanol–water partition coefficient (Wildman–Crippen LogP) is 2.76. The van der Waals surface area contributed by atoms with Gasteiger partial charge >= 0.3 is 0 Å². The Morgan fingerprint density at radius 2 is 1.63 bits per heavy atom. The standard InChI is InChI=1S/C22H19N3O4S/c26-22-19-4-2-1-3-18(19)20-17(9-10-23-21(20)24-22)15-5-7-16(8-6-15)30(27,28)25-11-13-29-14-12-25/h1-10H,11-14H2,(H,23,24,26). The third-order valence-electron chi connectivity index (χ3n) is 5.40. The van der Waals surface area contributed by atoms with Gasteiger partial charge in [-0.05, 0) is 40.8 Å². The molecule has 0 bridgehead atoms. The maximum atomic E-state index is 12.9. The fraction of sp³-hybridized carbons (Fsp3) is 0.182. The first kappa shape index (κ1) is 18.9. The number of fused-ring (bicyclic) bond motifs is 3. The number of aromatic amines is 1. The first-order valence-electron chi connectivity index (χ1n) is 9.64. The SMILES string of the molecule is O=c1[nH]c2nccc(-c3ccc(S(=O)(=O)N4CCOCC4)cc3)c2c2ccccc12. The molecule has 30 heavy (non-hydrogen) atoms. The van der Waals surface area contributed by atoms with E-state index in [1.54, 1.807) is 36.5 Å². The van der Waals surface area contributed by atoms with E-state index in [1.165, 1.54) is 4.31 Å². The first-order chi connectivity index (χ1) is 14.6. The van der Waals surface area contributed by atoms with Crippen molar-refractivity contribution >= 4 is 31.8 Å². The van der Waals surface area contributed by atoms with Crippen LogP contribution in [0.2, 0.25) is 0 Å². The van der Waals surface area contributed by atoms with Crippen LogP contribution in [0, 0.1) is 0 Å². The van der Waals surface area contributed by atoms with Crippen molar-refractivity contribution in [3.8, 4) is 11.1 Å². The molecule has 0 amide bonds. The normalized spacial score (nSPS) is 15.6. The molecule has 3 heterocycles. The summed E-state index contributed by atoms with van der Waals surface area (Å²) in [5.74, 6) is 0. The number of nitrogens with one attached hydrogen (secondary N) is 1. The maximum absolute atomic E-state index is 12.9. The minimum Gasteiger partial charge on any atom is -0.379 e. The number of sulfonamides is 1. The average molecular weight is 421 g/mol. The van der Waals surface area contributed by atoms with Gasteiger partial charge in [0.25, 0.3) is 5.56 Å². The lowest BCUT2D eigenvalue weighted by molar-refractivity contribution is 0.0730. The summed E-state index contributed by atoms with van der Waals surface area (Å²) in [6, 6.07) is 16.1.